The number of hydrogen-bond donors (Lipinski definition) is 1. The summed E-state index contributed by atoms with van der Waals surface area (Å²) in [6, 6.07) is 4.42. The van der Waals surface area contributed by atoms with Gasteiger partial charge in [0.15, 0.2) is 0 Å². The van der Waals surface area contributed by atoms with Crippen molar-refractivity contribution in [3.8, 4) is 0 Å². The first-order chi connectivity index (χ1) is 6.24. The van der Waals surface area contributed by atoms with Crippen molar-refractivity contribution in [2.75, 3.05) is 13.1 Å². The Hall–Kier alpha value is -0.0900. The fraction of sp³-hybridized carbons (Fsp3) is 0.556. The van der Waals surface area contributed by atoms with Crippen molar-refractivity contribution in [1.29, 1.82) is 0 Å². The van der Waals surface area contributed by atoms with Crippen LogP contribution in [-0.2, 0) is 6.54 Å². The number of halogens is 1. The van der Waals surface area contributed by atoms with Gasteiger partial charge in [0.05, 0.1) is 4.34 Å². The Morgan fingerprint density at radius 2 is 2.46 bits per heavy atom. The highest BCUT2D eigenvalue weighted by atomic mass is 35.5. The topological polar surface area (TPSA) is 29.3 Å². The van der Waals surface area contributed by atoms with Crippen molar-refractivity contribution in [1.82, 2.24) is 4.90 Å². The van der Waals surface area contributed by atoms with Gasteiger partial charge in [-0.2, -0.15) is 0 Å². The maximum atomic E-state index is 5.85. The zero-order valence-electron chi connectivity index (χ0n) is 7.37. The summed E-state index contributed by atoms with van der Waals surface area (Å²) >= 11 is 7.51. The molecule has 0 unspecified atom stereocenters. The van der Waals surface area contributed by atoms with Crippen LogP contribution in [0.3, 0.4) is 0 Å². The highest BCUT2D eigenvalue weighted by molar-refractivity contribution is 7.16. The fourth-order valence-corrected chi connectivity index (χ4v) is 2.79. The van der Waals surface area contributed by atoms with E-state index in [1.54, 1.807) is 11.3 Å². The van der Waals surface area contributed by atoms with Crippen LogP contribution in [0.25, 0.3) is 0 Å². The van der Waals surface area contributed by atoms with Crippen LogP contribution in [-0.4, -0.2) is 24.0 Å². The lowest BCUT2D eigenvalue weighted by Gasteiger charge is -2.12. The number of nitrogens with two attached hydrogens (primary N) is 1. The average molecular weight is 217 g/mol. The molecule has 1 aromatic heterocycles. The number of hydrogen-bond acceptors (Lipinski definition) is 3. The third kappa shape index (κ3) is 2.44. The van der Waals surface area contributed by atoms with Gasteiger partial charge in [-0.1, -0.05) is 11.6 Å². The monoisotopic (exact) mass is 216 g/mol. The molecule has 2 N–H and O–H groups in total. The molecule has 2 rings (SSSR count). The quantitative estimate of drug-likeness (QED) is 0.819. The highest BCUT2D eigenvalue weighted by Crippen LogP contribution is 2.23. The van der Waals surface area contributed by atoms with Gasteiger partial charge < -0.3 is 5.73 Å². The van der Waals surface area contributed by atoms with E-state index in [0.717, 1.165) is 30.4 Å². The fourth-order valence-electron chi connectivity index (χ4n) is 1.66. The predicted octanol–water partition coefficient (Wildman–Crippen LogP) is 1.93. The molecule has 0 saturated carbocycles. The Balaban J connectivity index is 1.91. The first kappa shape index (κ1) is 9.46. The molecule has 1 atom stereocenters. The number of likely N-dealkylation sites (tertiary alicyclic amines) is 1. The van der Waals surface area contributed by atoms with E-state index < -0.39 is 0 Å². The second-order valence-electron chi connectivity index (χ2n) is 3.49. The summed E-state index contributed by atoms with van der Waals surface area (Å²) in [6.45, 7) is 3.15. The molecule has 1 aliphatic rings. The SMILES string of the molecule is N[C@@H]1CCN(Cc2ccc(Cl)s2)C1. The summed E-state index contributed by atoms with van der Waals surface area (Å²) in [4.78, 5) is 3.71. The van der Waals surface area contributed by atoms with Crippen molar-refractivity contribution >= 4 is 22.9 Å². The lowest BCUT2D eigenvalue weighted by atomic mass is 10.3. The van der Waals surface area contributed by atoms with Crippen molar-refractivity contribution in [3.05, 3.63) is 21.3 Å². The maximum absolute atomic E-state index is 5.85. The van der Waals surface area contributed by atoms with Crippen LogP contribution in [0.2, 0.25) is 4.34 Å². The molecule has 0 amide bonds. The van der Waals surface area contributed by atoms with Crippen molar-refractivity contribution < 1.29 is 0 Å². The molecule has 0 spiro atoms. The maximum Gasteiger partial charge on any atom is 0.0931 e. The molecule has 0 aromatic carbocycles. The molecule has 1 aliphatic heterocycles. The molecule has 0 bridgehead atoms. The smallest absolute Gasteiger partial charge is 0.0931 e. The van der Waals surface area contributed by atoms with Gasteiger partial charge in [0.25, 0.3) is 0 Å². The third-order valence-corrected chi connectivity index (χ3v) is 3.53. The Labute approximate surface area is 87.3 Å². The van der Waals surface area contributed by atoms with Crippen LogP contribution in [0.1, 0.15) is 11.3 Å². The van der Waals surface area contributed by atoms with Gasteiger partial charge in [0, 0.05) is 30.6 Å². The summed E-state index contributed by atoms with van der Waals surface area (Å²) in [7, 11) is 0. The second kappa shape index (κ2) is 3.96. The van der Waals surface area contributed by atoms with E-state index in [0.29, 0.717) is 6.04 Å². The second-order valence-corrected chi connectivity index (χ2v) is 5.29. The van der Waals surface area contributed by atoms with Gasteiger partial charge in [-0.15, -0.1) is 11.3 Å². The molecule has 72 valence electrons. The zero-order valence-corrected chi connectivity index (χ0v) is 8.94. The molecule has 2 nitrogen and oxygen atoms in total. The Morgan fingerprint density at radius 1 is 1.62 bits per heavy atom. The van der Waals surface area contributed by atoms with E-state index in [4.69, 9.17) is 17.3 Å². The molecular formula is C9H13ClN2S. The molecule has 4 heteroatoms. The largest absolute Gasteiger partial charge is 0.326 e. The molecule has 0 radical (unpaired) electrons. The minimum Gasteiger partial charge on any atom is -0.326 e. The lowest BCUT2D eigenvalue weighted by molar-refractivity contribution is 0.330. The molecule has 2 heterocycles. The van der Waals surface area contributed by atoms with Gasteiger partial charge in [-0.05, 0) is 18.6 Å². The standard InChI is InChI=1S/C9H13ClN2S/c10-9-2-1-8(13-9)6-12-4-3-7(11)5-12/h1-2,7H,3-6,11H2/t7-/m1/s1. The Kier molecular flexibility index (Phi) is 2.89. The molecule has 13 heavy (non-hydrogen) atoms. The average Bonchev–Trinajstić information content (AvgIpc) is 2.62. The van der Waals surface area contributed by atoms with Gasteiger partial charge in [0.2, 0.25) is 0 Å². The molecule has 1 aromatic rings. The number of rotatable bonds is 2. The molecule has 1 fully saturated rings. The van der Waals surface area contributed by atoms with E-state index >= 15 is 0 Å². The highest BCUT2D eigenvalue weighted by Gasteiger charge is 2.19. The third-order valence-electron chi connectivity index (χ3n) is 2.32. The summed E-state index contributed by atoms with van der Waals surface area (Å²) in [5.74, 6) is 0. The van der Waals surface area contributed by atoms with E-state index in [-0.39, 0.29) is 0 Å². The van der Waals surface area contributed by atoms with Gasteiger partial charge in [-0.3, -0.25) is 4.90 Å². The van der Waals surface area contributed by atoms with Gasteiger partial charge in [0.1, 0.15) is 0 Å². The lowest BCUT2D eigenvalue weighted by Crippen LogP contribution is -2.25. The molecule has 1 saturated heterocycles. The predicted molar refractivity (Wildman–Crippen MR) is 57.2 cm³/mol. The first-order valence-corrected chi connectivity index (χ1v) is 5.65. The Bertz CT molecular complexity index is 287. The number of thiophene rings is 1. The molecular weight excluding hydrogens is 204 g/mol. The summed E-state index contributed by atoms with van der Waals surface area (Å²) < 4.78 is 0.874. The van der Waals surface area contributed by atoms with Crippen LogP contribution < -0.4 is 5.73 Å². The van der Waals surface area contributed by atoms with E-state index in [9.17, 15) is 0 Å². The summed E-state index contributed by atoms with van der Waals surface area (Å²) in [5.41, 5.74) is 5.82. The first-order valence-electron chi connectivity index (χ1n) is 4.46. The van der Waals surface area contributed by atoms with Gasteiger partial charge in [-0.25, -0.2) is 0 Å². The minimum atomic E-state index is 0.371. The Morgan fingerprint density at radius 3 is 3.00 bits per heavy atom. The summed E-state index contributed by atoms with van der Waals surface area (Å²) in [5, 5.41) is 0. The zero-order chi connectivity index (χ0) is 9.26. The van der Waals surface area contributed by atoms with Crippen LogP contribution in [0.4, 0.5) is 0 Å². The van der Waals surface area contributed by atoms with E-state index in [1.165, 1.54) is 4.88 Å². The normalized spacial score (nSPS) is 24.0. The van der Waals surface area contributed by atoms with Crippen molar-refractivity contribution in [3.63, 3.8) is 0 Å². The minimum absolute atomic E-state index is 0.371. The van der Waals surface area contributed by atoms with Crippen LogP contribution in [0.15, 0.2) is 12.1 Å². The van der Waals surface area contributed by atoms with Crippen molar-refractivity contribution in [2.45, 2.75) is 19.0 Å². The number of nitrogens with zero attached hydrogens (tertiary/aromatic N) is 1. The van der Waals surface area contributed by atoms with E-state index in [2.05, 4.69) is 11.0 Å². The van der Waals surface area contributed by atoms with Gasteiger partial charge >= 0.3 is 0 Å². The van der Waals surface area contributed by atoms with Crippen LogP contribution >= 0.6 is 22.9 Å². The van der Waals surface area contributed by atoms with Crippen LogP contribution in [0, 0.1) is 0 Å². The van der Waals surface area contributed by atoms with E-state index in [1.807, 2.05) is 6.07 Å². The summed E-state index contributed by atoms with van der Waals surface area (Å²) in [6.07, 6.45) is 1.12. The molecule has 0 aliphatic carbocycles. The van der Waals surface area contributed by atoms with Crippen molar-refractivity contribution in [2.24, 2.45) is 5.73 Å². The van der Waals surface area contributed by atoms with Crippen LogP contribution in [0.5, 0.6) is 0 Å².